The molecule has 0 saturated carbocycles. The molecule has 0 unspecified atom stereocenters. The van der Waals surface area contributed by atoms with Crippen molar-refractivity contribution in [2.24, 2.45) is 0 Å². The number of rotatable bonds is 12. The molecule has 2 heteroatoms. The van der Waals surface area contributed by atoms with Crippen LogP contribution in [-0.2, 0) is 12.8 Å². The minimum Gasteiger partial charge on any atom is -0.356 e. The molecule has 4 aromatic carbocycles. The summed E-state index contributed by atoms with van der Waals surface area (Å²) in [5.41, 5.74) is 9.62. The van der Waals surface area contributed by atoms with Crippen LogP contribution in [0.5, 0.6) is 0 Å². The summed E-state index contributed by atoms with van der Waals surface area (Å²) in [5, 5.41) is 6.99. The minimum atomic E-state index is 1.10. The lowest BCUT2D eigenvalue weighted by Crippen LogP contribution is -1.91. The molecule has 0 bridgehead atoms. The summed E-state index contributed by atoms with van der Waals surface area (Å²) in [4.78, 5) is 0. The average Bonchev–Trinajstić information content (AvgIpc) is 2.93. The van der Waals surface area contributed by atoms with E-state index in [1.807, 2.05) is 0 Å². The Morgan fingerprint density at radius 2 is 0.750 bits per heavy atom. The lowest BCUT2D eigenvalue weighted by atomic mass is 10.1. The standard InChI is InChI=1S/C34H38N2/c1-3-5-7-27-11-19-31(20-12-27)35-33-23-15-29(16-24-33)9-10-30-17-25-34(26-18-30)36-32-21-13-28(14-22-32)8-6-4-2/h9-26,35-36H,3-8H2,1-2H3. The Hall–Kier alpha value is -3.78. The van der Waals surface area contributed by atoms with Gasteiger partial charge in [0.05, 0.1) is 0 Å². The van der Waals surface area contributed by atoms with E-state index in [0.717, 1.165) is 35.6 Å². The van der Waals surface area contributed by atoms with Crippen molar-refractivity contribution in [3.8, 4) is 0 Å². The van der Waals surface area contributed by atoms with Gasteiger partial charge in [0.2, 0.25) is 0 Å². The molecule has 2 N–H and O–H groups in total. The van der Waals surface area contributed by atoms with E-state index in [9.17, 15) is 0 Å². The maximum absolute atomic E-state index is 3.50. The molecule has 0 saturated heterocycles. The second-order valence-corrected chi connectivity index (χ2v) is 9.43. The summed E-state index contributed by atoms with van der Waals surface area (Å²) in [7, 11) is 0. The van der Waals surface area contributed by atoms with Gasteiger partial charge in [-0.1, -0.05) is 87.4 Å². The van der Waals surface area contributed by atoms with E-state index in [1.54, 1.807) is 0 Å². The fourth-order valence-electron chi connectivity index (χ4n) is 4.15. The number of aryl methyl sites for hydroxylation is 2. The van der Waals surface area contributed by atoms with Crippen molar-refractivity contribution in [1.82, 2.24) is 0 Å². The number of unbranched alkanes of at least 4 members (excludes halogenated alkanes) is 2. The Balaban J connectivity index is 1.28. The average molecular weight is 475 g/mol. The summed E-state index contributed by atoms with van der Waals surface area (Å²) in [6, 6.07) is 34.7. The number of hydrogen-bond acceptors (Lipinski definition) is 2. The first kappa shape index (κ1) is 25.3. The van der Waals surface area contributed by atoms with E-state index in [2.05, 4.69) is 134 Å². The van der Waals surface area contributed by atoms with Crippen LogP contribution in [0.25, 0.3) is 12.2 Å². The lowest BCUT2D eigenvalue weighted by molar-refractivity contribution is 0.795. The van der Waals surface area contributed by atoms with Crippen molar-refractivity contribution in [2.75, 3.05) is 10.6 Å². The molecule has 0 fully saturated rings. The van der Waals surface area contributed by atoms with Gasteiger partial charge in [0, 0.05) is 22.7 Å². The summed E-state index contributed by atoms with van der Waals surface area (Å²) >= 11 is 0. The van der Waals surface area contributed by atoms with E-state index in [0.29, 0.717) is 0 Å². The van der Waals surface area contributed by atoms with Gasteiger partial charge < -0.3 is 10.6 Å². The first-order chi connectivity index (χ1) is 17.7. The fourth-order valence-corrected chi connectivity index (χ4v) is 4.15. The van der Waals surface area contributed by atoms with Gasteiger partial charge in [0.25, 0.3) is 0 Å². The Bertz CT molecular complexity index is 1100. The molecule has 4 aromatic rings. The van der Waals surface area contributed by atoms with E-state index in [-0.39, 0.29) is 0 Å². The van der Waals surface area contributed by atoms with Crippen LogP contribution in [-0.4, -0.2) is 0 Å². The first-order valence-corrected chi connectivity index (χ1v) is 13.3. The highest BCUT2D eigenvalue weighted by Gasteiger charge is 1.99. The quantitative estimate of drug-likeness (QED) is 0.200. The van der Waals surface area contributed by atoms with Crippen LogP contribution in [0.4, 0.5) is 22.7 Å². The topological polar surface area (TPSA) is 24.1 Å². The second kappa shape index (κ2) is 13.3. The highest BCUT2D eigenvalue weighted by Crippen LogP contribution is 2.21. The van der Waals surface area contributed by atoms with Crippen LogP contribution in [0.3, 0.4) is 0 Å². The maximum Gasteiger partial charge on any atom is 0.0384 e. The zero-order valence-corrected chi connectivity index (χ0v) is 21.6. The van der Waals surface area contributed by atoms with Crippen LogP contribution in [0.1, 0.15) is 61.8 Å². The van der Waals surface area contributed by atoms with E-state index >= 15 is 0 Å². The van der Waals surface area contributed by atoms with Crippen molar-refractivity contribution in [1.29, 1.82) is 0 Å². The van der Waals surface area contributed by atoms with Crippen LogP contribution >= 0.6 is 0 Å². The third-order valence-corrected chi connectivity index (χ3v) is 6.41. The van der Waals surface area contributed by atoms with Gasteiger partial charge in [-0.3, -0.25) is 0 Å². The molecule has 0 spiro atoms. The predicted octanol–water partition coefficient (Wildman–Crippen LogP) is 10.0. The molecule has 184 valence electrons. The normalized spacial score (nSPS) is 11.1. The fraction of sp³-hybridized carbons (Fsp3) is 0.235. The molecule has 0 aliphatic carbocycles. The minimum absolute atomic E-state index is 1.10. The van der Waals surface area contributed by atoms with E-state index in [4.69, 9.17) is 0 Å². The van der Waals surface area contributed by atoms with E-state index in [1.165, 1.54) is 47.9 Å². The first-order valence-electron chi connectivity index (χ1n) is 13.3. The Morgan fingerprint density at radius 1 is 0.444 bits per heavy atom. The summed E-state index contributed by atoms with van der Waals surface area (Å²) in [5.74, 6) is 0. The predicted molar refractivity (Wildman–Crippen MR) is 158 cm³/mol. The number of hydrogen-bond donors (Lipinski definition) is 2. The molecule has 0 aromatic heterocycles. The Kier molecular flexibility index (Phi) is 9.39. The Labute approximate surface area is 217 Å². The van der Waals surface area contributed by atoms with Crippen LogP contribution in [0.15, 0.2) is 97.1 Å². The van der Waals surface area contributed by atoms with Gasteiger partial charge in [-0.05, 0) is 96.5 Å². The largest absolute Gasteiger partial charge is 0.356 e. The highest BCUT2D eigenvalue weighted by atomic mass is 14.9. The molecule has 36 heavy (non-hydrogen) atoms. The van der Waals surface area contributed by atoms with Gasteiger partial charge >= 0.3 is 0 Å². The van der Waals surface area contributed by atoms with E-state index < -0.39 is 0 Å². The van der Waals surface area contributed by atoms with Crippen molar-refractivity contribution < 1.29 is 0 Å². The SMILES string of the molecule is CCCCc1ccc(Nc2ccc(C=Cc3ccc(Nc4ccc(CCCC)cc4)cc3)cc2)cc1. The van der Waals surface area contributed by atoms with Gasteiger partial charge in [0.15, 0.2) is 0 Å². The smallest absolute Gasteiger partial charge is 0.0384 e. The molecule has 0 aliphatic heterocycles. The summed E-state index contributed by atoms with van der Waals surface area (Å²) in [6.45, 7) is 4.47. The van der Waals surface area contributed by atoms with Crippen molar-refractivity contribution in [3.05, 3.63) is 119 Å². The monoisotopic (exact) mass is 474 g/mol. The third-order valence-electron chi connectivity index (χ3n) is 6.41. The molecular formula is C34H38N2. The molecule has 0 radical (unpaired) electrons. The Morgan fingerprint density at radius 3 is 1.06 bits per heavy atom. The number of benzene rings is 4. The molecule has 4 rings (SSSR count). The van der Waals surface area contributed by atoms with Crippen molar-refractivity contribution >= 4 is 34.9 Å². The van der Waals surface area contributed by atoms with Crippen LogP contribution in [0.2, 0.25) is 0 Å². The van der Waals surface area contributed by atoms with Gasteiger partial charge in [-0.15, -0.1) is 0 Å². The van der Waals surface area contributed by atoms with Crippen molar-refractivity contribution in [3.63, 3.8) is 0 Å². The van der Waals surface area contributed by atoms with Gasteiger partial charge in [-0.2, -0.15) is 0 Å². The zero-order chi connectivity index (χ0) is 25.0. The molecule has 0 amide bonds. The third kappa shape index (κ3) is 7.88. The second-order valence-electron chi connectivity index (χ2n) is 9.43. The summed E-state index contributed by atoms with van der Waals surface area (Å²) < 4.78 is 0. The number of nitrogens with one attached hydrogen (secondary N) is 2. The van der Waals surface area contributed by atoms with Crippen LogP contribution in [0, 0.1) is 0 Å². The lowest BCUT2D eigenvalue weighted by Gasteiger charge is -2.08. The van der Waals surface area contributed by atoms with Crippen LogP contribution < -0.4 is 10.6 Å². The van der Waals surface area contributed by atoms with Gasteiger partial charge in [-0.25, -0.2) is 0 Å². The highest BCUT2D eigenvalue weighted by molar-refractivity contribution is 5.72. The van der Waals surface area contributed by atoms with Gasteiger partial charge in [0.1, 0.15) is 0 Å². The maximum atomic E-state index is 3.50. The molecule has 0 aliphatic rings. The molecule has 2 nitrogen and oxygen atoms in total. The molecule has 0 atom stereocenters. The molecular weight excluding hydrogens is 436 g/mol. The summed E-state index contributed by atoms with van der Waals surface area (Å²) in [6.07, 6.45) is 11.6. The molecule has 0 heterocycles. The van der Waals surface area contributed by atoms with Crippen molar-refractivity contribution in [2.45, 2.75) is 52.4 Å². The number of anilines is 4. The zero-order valence-electron chi connectivity index (χ0n) is 21.6.